The van der Waals surface area contributed by atoms with Crippen LogP contribution < -0.4 is 5.32 Å². The summed E-state index contributed by atoms with van der Waals surface area (Å²) in [6.45, 7) is 9.02. The second-order valence-corrected chi connectivity index (χ2v) is 8.55. The number of ether oxygens (including phenoxy) is 1. The normalized spacial score (nSPS) is 18.7. The van der Waals surface area contributed by atoms with Crippen molar-refractivity contribution >= 4 is 5.97 Å². The lowest BCUT2D eigenvalue weighted by molar-refractivity contribution is 0.0295. The first kappa shape index (κ1) is 19.7. The molecule has 0 spiro atoms. The first-order valence-corrected chi connectivity index (χ1v) is 9.88. The Morgan fingerprint density at radius 1 is 1.33 bits per heavy atom. The lowest BCUT2D eigenvalue weighted by Crippen LogP contribution is -2.43. The first-order valence-electron chi connectivity index (χ1n) is 9.88. The minimum absolute atomic E-state index is 0.111. The molecule has 2 aliphatic rings. The summed E-state index contributed by atoms with van der Waals surface area (Å²) >= 11 is 0. The average molecular weight is 373 g/mol. The van der Waals surface area contributed by atoms with Crippen molar-refractivity contribution in [1.82, 2.24) is 15.2 Å². The monoisotopic (exact) mass is 373 g/mol. The average Bonchev–Trinajstić information content (AvgIpc) is 2.54. The molecule has 1 aliphatic heterocycles. The Morgan fingerprint density at radius 3 is 2.59 bits per heavy atom. The van der Waals surface area contributed by atoms with Gasteiger partial charge in [-0.25, -0.2) is 9.78 Å². The molecule has 0 aromatic carbocycles. The highest BCUT2D eigenvalue weighted by Gasteiger charge is 2.25. The van der Waals surface area contributed by atoms with Crippen LogP contribution in [0.4, 0.5) is 0 Å². The molecule has 6 nitrogen and oxygen atoms in total. The Kier molecular flexibility index (Phi) is 6.05. The molecule has 2 heterocycles. The maximum Gasteiger partial charge on any atom is 0.354 e. The molecule has 1 aromatic rings. The van der Waals surface area contributed by atoms with E-state index in [4.69, 9.17) is 9.84 Å². The zero-order chi connectivity index (χ0) is 19.4. The van der Waals surface area contributed by atoms with Gasteiger partial charge in [0.05, 0.1) is 0 Å². The number of piperidine rings is 1. The molecule has 1 aliphatic carbocycles. The molecule has 1 saturated heterocycles. The lowest BCUT2D eigenvalue weighted by atomic mass is 9.92. The molecule has 0 bridgehead atoms. The number of carbonyl (C=O) groups is 1. The van der Waals surface area contributed by atoms with Crippen LogP contribution in [-0.4, -0.2) is 45.7 Å². The number of aromatic carboxylic acids is 1. The third-order valence-electron chi connectivity index (χ3n) is 5.06. The summed E-state index contributed by atoms with van der Waals surface area (Å²) in [5.74, 6) is 0.0302. The third kappa shape index (κ3) is 5.70. The molecule has 1 aromatic heterocycles. The maximum absolute atomic E-state index is 11.1. The highest BCUT2D eigenvalue weighted by molar-refractivity contribution is 5.85. The Hall–Kier alpha value is -2.08. The second-order valence-electron chi connectivity index (χ2n) is 8.55. The fourth-order valence-corrected chi connectivity index (χ4v) is 3.46. The number of nitrogens with one attached hydrogen (secondary N) is 1. The summed E-state index contributed by atoms with van der Waals surface area (Å²) in [5.41, 5.74) is 2.35. The summed E-state index contributed by atoms with van der Waals surface area (Å²) in [6.07, 6.45) is 7.24. The van der Waals surface area contributed by atoms with Crippen molar-refractivity contribution in [2.75, 3.05) is 13.1 Å². The number of hydrogen-bond acceptors (Lipinski definition) is 5. The zero-order valence-corrected chi connectivity index (χ0v) is 16.6. The molecule has 3 rings (SSSR count). The van der Waals surface area contributed by atoms with Crippen LogP contribution in [0.15, 0.2) is 29.8 Å². The summed E-state index contributed by atoms with van der Waals surface area (Å²) < 4.78 is 6.19. The van der Waals surface area contributed by atoms with Crippen molar-refractivity contribution < 1.29 is 14.6 Å². The van der Waals surface area contributed by atoms with Gasteiger partial charge in [-0.15, -0.1) is 0 Å². The molecule has 0 unspecified atom stereocenters. The number of nitrogens with zero attached hydrogens (tertiary/aromatic N) is 2. The van der Waals surface area contributed by atoms with E-state index >= 15 is 0 Å². The molecular weight excluding hydrogens is 342 g/mol. The van der Waals surface area contributed by atoms with E-state index in [9.17, 15) is 4.79 Å². The van der Waals surface area contributed by atoms with Crippen molar-refractivity contribution in [1.29, 1.82) is 0 Å². The molecular formula is C21H31N3O3. The van der Waals surface area contributed by atoms with Crippen molar-refractivity contribution in [2.45, 2.75) is 71.1 Å². The molecule has 0 radical (unpaired) electrons. The predicted octanol–water partition coefficient (Wildman–Crippen LogP) is 3.54. The highest BCUT2D eigenvalue weighted by atomic mass is 16.5. The van der Waals surface area contributed by atoms with E-state index in [1.165, 1.54) is 12.0 Å². The minimum atomic E-state index is -0.977. The van der Waals surface area contributed by atoms with Gasteiger partial charge in [-0.3, -0.25) is 4.90 Å². The Labute approximate surface area is 161 Å². The second kappa shape index (κ2) is 8.30. The Bertz CT molecular complexity index is 695. The molecule has 0 atom stereocenters. The van der Waals surface area contributed by atoms with Gasteiger partial charge < -0.3 is 15.2 Å². The number of allylic oxidation sites excluding steroid dienone is 1. The van der Waals surface area contributed by atoms with Crippen LogP contribution in [0.3, 0.4) is 0 Å². The van der Waals surface area contributed by atoms with Gasteiger partial charge >= 0.3 is 5.97 Å². The van der Waals surface area contributed by atoms with E-state index in [0.717, 1.165) is 56.8 Å². The third-order valence-corrected chi connectivity index (χ3v) is 5.06. The highest BCUT2D eigenvalue weighted by Crippen LogP contribution is 2.31. The number of carboxylic acid groups (broad SMARTS) is 1. The minimum Gasteiger partial charge on any atom is -0.477 e. The summed E-state index contributed by atoms with van der Waals surface area (Å²) in [6, 6.07) is 3.99. The quantitative estimate of drug-likeness (QED) is 0.743. The topological polar surface area (TPSA) is 74.7 Å². The number of carboxylic acids is 1. The number of likely N-dealkylation sites (tertiary alicyclic amines) is 1. The smallest absolute Gasteiger partial charge is 0.354 e. The van der Waals surface area contributed by atoms with Gasteiger partial charge in [-0.1, -0.05) is 0 Å². The van der Waals surface area contributed by atoms with E-state index in [-0.39, 0.29) is 11.3 Å². The van der Waals surface area contributed by atoms with E-state index in [2.05, 4.69) is 36.0 Å². The fraction of sp³-hybridized carbons (Fsp3) is 0.619. The molecule has 2 N–H and O–H groups in total. The van der Waals surface area contributed by atoms with Gasteiger partial charge in [0.2, 0.25) is 0 Å². The van der Waals surface area contributed by atoms with Gasteiger partial charge in [0.15, 0.2) is 5.88 Å². The fourth-order valence-electron chi connectivity index (χ4n) is 3.46. The van der Waals surface area contributed by atoms with Gasteiger partial charge in [0.25, 0.3) is 0 Å². The van der Waals surface area contributed by atoms with Crippen molar-refractivity contribution in [2.24, 2.45) is 0 Å². The number of pyridine rings is 1. The van der Waals surface area contributed by atoms with Crippen LogP contribution >= 0.6 is 0 Å². The number of rotatable bonds is 6. The van der Waals surface area contributed by atoms with Crippen molar-refractivity contribution in [3.05, 3.63) is 41.0 Å². The van der Waals surface area contributed by atoms with Crippen molar-refractivity contribution in [3.63, 3.8) is 0 Å². The van der Waals surface area contributed by atoms with Gasteiger partial charge in [-0.05, 0) is 76.1 Å². The van der Waals surface area contributed by atoms with Crippen LogP contribution in [-0.2, 0) is 11.3 Å². The Balaban J connectivity index is 1.52. The van der Waals surface area contributed by atoms with E-state index in [1.807, 2.05) is 6.07 Å². The first-order chi connectivity index (χ1) is 12.8. The zero-order valence-electron chi connectivity index (χ0n) is 16.6. The predicted molar refractivity (Wildman–Crippen MR) is 104 cm³/mol. The number of aromatic nitrogens is 1. The summed E-state index contributed by atoms with van der Waals surface area (Å²) in [4.78, 5) is 17.3. The summed E-state index contributed by atoms with van der Waals surface area (Å²) in [5, 5.41) is 12.7. The molecule has 148 valence electrons. The molecule has 27 heavy (non-hydrogen) atoms. The van der Waals surface area contributed by atoms with Crippen molar-refractivity contribution in [3.8, 4) is 0 Å². The van der Waals surface area contributed by atoms with Gasteiger partial charge in [0, 0.05) is 31.9 Å². The van der Waals surface area contributed by atoms with Crippen LogP contribution in [0.5, 0.6) is 0 Å². The van der Waals surface area contributed by atoms with Gasteiger partial charge in [0.1, 0.15) is 11.3 Å². The molecule has 0 amide bonds. The molecule has 1 saturated carbocycles. The van der Waals surface area contributed by atoms with Crippen LogP contribution in [0.2, 0.25) is 0 Å². The summed E-state index contributed by atoms with van der Waals surface area (Å²) in [7, 11) is 0. The van der Waals surface area contributed by atoms with Crippen LogP contribution in [0.1, 0.15) is 68.9 Å². The SMILES string of the molecule is CC(C)(C)OC(NC1CCN(Cc2ccnc(C(=O)O)c2)CC1)=C1CCC1. The largest absolute Gasteiger partial charge is 0.477 e. The standard InChI is InChI=1S/C21H31N3O3/c1-21(2,3)27-19(16-5-4-6-16)23-17-8-11-24(12-9-17)14-15-7-10-22-18(13-15)20(25)26/h7,10,13,17,23H,4-6,8-9,11-12,14H2,1-3H3,(H,25,26). The van der Waals surface area contributed by atoms with Gasteiger partial charge in [-0.2, -0.15) is 0 Å². The van der Waals surface area contributed by atoms with E-state index in [0.29, 0.717) is 6.04 Å². The van der Waals surface area contributed by atoms with Crippen LogP contribution in [0.25, 0.3) is 0 Å². The molecule has 6 heteroatoms. The lowest BCUT2D eigenvalue weighted by Gasteiger charge is -2.36. The molecule has 2 fully saturated rings. The van der Waals surface area contributed by atoms with E-state index < -0.39 is 5.97 Å². The van der Waals surface area contributed by atoms with Crippen LogP contribution in [0, 0.1) is 0 Å². The number of hydrogen-bond donors (Lipinski definition) is 2. The van der Waals surface area contributed by atoms with E-state index in [1.54, 1.807) is 12.3 Å². The maximum atomic E-state index is 11.1. The Morgan fingerprint density at radius 2 is 2.04 bits per heavy atom.